The Morgan fingerprint density at radius 1 is 1.53 bits per heavy atom. The average Bonchev–Trinajstić information content (AvgIpc) is 2.16. The van der Waals surface area contributed by atoms with Gasteiger partial charge in [-0.2, -0.15) is 5.26 Å². The van der Waals surface area contributed by atoms with E-state index in [1.807, 2.05) is 0 Å². The molecule has 1 aromatic heterocycles. The molecule has 7 heteroatoms. The van der Waals surface area contributed by atoms with E-state index in [2.05, 4.69) is 25.7 Å². The van der Waals surface area contributed by atoms with Crippen LogP contribution in [0.4, 0.5) is 13.2 Å². The van der Waals surface area contributed by atoms with E-state index in [1.54, 1.807) is 6.07 Å². The van der Waals surface area contributed by atoms with Crippen molar-refractivity contribution in [2.24, 2.45) is 0 Å². The SMILES string of the molecule is N#Cc1cc(CBr)cnc1OC(F)(F)F. The molecule has 0 amide bonds. The highest BCUT2D eigenvalue weighted by atomic mass is 79.9. The largest absolute Gasteiger partial charge is 0.574 e. The van der Waals surface area contributed by atoms with E-state index in [9.17, 15) is 13.2 Å². The van der Waals surface area contributed by atoms with Crippen LogP contribution < -0.4 is 4.74 Å². The maximum absolute atomic E-state index is 11.9. The first-order valence-corrected chi connectivity index (χ1v) is 4.79. The molecule has 0 N–H and O–H groups in total. The van der Waals surface area contributed by atoms with E-state index in [-0.39, 0.29) is 5.56 Å². The first-order valence-electron chi connectivity index (χ1n) is 3.67. The number of nitrogens with zero attached hydrogens (tertiary/aromatic N) is 2. The van der Waals surface area contributed by atoms with Crippen LogP contribution in [0, 0.1) is 11.3 Å². The van der Waals surface area contributed by atoms with Crippen molar-refractivity contribution in [1.82, 2.24) is 4.98 Å². The average molecular weight is 281 g/mol. The lowest BCUT2D eigenvalue weighted by atomic mass is 10.2. The fourth-order valence-electron chi connectivity index (χ4n) is 0.840. The zero-order valence-electron chi connectivity index (χ0n) is 7.18. The lowest BCUT2D eigenvalue weighted by Gasteiger charge is -2.09. The smallest absolute Gasteiger partial charge is 0.386 e. The van der Waals surface area contributed by atoms with Crippen LogP contribution in [0.5, 0.6) is 5.88 Å². The van der Waals surface area contributed by atoms with Gasteiger partial charge in [0.05, 0.1) is 0 Å². The van der Waals surface area contributed by atoms with Gasteiger partial charge in [-0.05, 0) is 11.6 Å². The molecule has 0 aliphatic rings. The molecule has 0 fully saturated rings. The number of hydrogen-bond acceptors (Lipinski definition) is 3. The second kappa shape index (κ2) is 4.49. The van der Waals surface area contributed by atoms with Crippen LogP contribution in [0.25, 0.3) is 0 Å². The highest BCUT2D eigenvalue weighted by molar-refractivity contribution is 9.08. The van der Waals surface area contributed by atoms with E-state index in [1.165, 1.54) is 12.3 Å². The van der Waals surface area contributed by atoms with Crippen LogP contribution in [0.15, 0.2) is 12.3 Å². The summed E-state index contributed by atoms with van der Waals surface area (Å²) in [4.78, 5) is 3.41. The highest BCUT2D eigenvalue weighted by Crippen LogP contribution is 2.24. The summed E-state index contributed by atoms with van der Waals surface area (Å²) >= 11 is 3.09. The molecule has 80 valence electrons. The van der Waals surface area contributed by atoms with Gasteiger partial charge in [-0.25, -0.2) is 4.98 Å². The Morgan fingerprint density at radius 2 is 2.20 bits per heavy atom. The number of aromatic nitrogens is 1. The van der Waals surface area contributed by atoms with Crippen molar-refractivity contribution >= 4 is 15.9 Å². The van der Waals surface area contributed by atoms with Gasteiger partial charge in [0.2, 0.25) is 5.88 Å². The molecule has 3 nitrogen and oxygen atoms in total. The monoisotopic (exact) mass is 280 g/mol. The highest BCUT2D eigenvalue weighted by Gasteiger charge is 2.33. The fraction of sp³-hybridized carbons (Fsp3) is 0.250. The molecule has 0 radical (unpaired) electrons. The summed E-state index contributed by atoms with van der Waals surface area (Å²) in [6, 6.07) is 2.87. The molecular formula is C8H4BrF3N2O. The number of alkyl halides is 4. The molecule has 0 bridgehead atoms. The Balaban J connectivity index is 3.04. The van der Waals surface area contributed by atoms with Gasteiger partial charge in [-0.3, -0.25) is 0 Å². The van der Waals surface area contributed by atoms with Crippen LogP contribution in [0.3, 0.4) is 0 Å². The molecule has 1 heterocycles. The first-order chi connectivity index (χ1) is 6.96. The van der Waals surface area contributed by atoms with Crippen LogP contribution in [0.2, 0.25) is 0 Å². The van der Waals surface area contributed by atoms with E-state index < -0.39 is 12.2 Å². The van der Waals surface area contributed by atoms with E-state index in [0.29, 0.717) is 10.9 Å². The zero-order chi connectivity index (χ0) is 11.5. The van der Waals surface area contributed by atoms with E-state index in [0.717, 1.165) is 0 Å². The molecule has 0 saturated carbocycles. The van der Waals surface area contributed by atoms with E-state index in [4.69, 9.17) is 5.26 Å². The second-order valence-electron chi connectivity index (χ2n) is 2.49. The van der Waals surface area contributed by atoms with Crippen LogP contribution in [0.1, 0.15) is 11.1 Å². The maximum Gasteiger partial charge on any atom is 0.574 e. The van der Waals surface area contributed by atoms with Crippen molar-refractivity contribution in [3.8, 4) is 11.9 Å². The lowest BCUT2D eigenvalue weighted by Crippen LogP contribution is -2.18. The molecule has 0 unspecified atom stereocenters. The number of hydrogen-bond donors (Lipinski definition) is 0. The summed E-state index contributed by atoms with van der Waals surface area (Å²) in [6.07, 6.45) is -3.63. The number of pyridine rings is 1. The summed E-state index contributed by atoms with van der Waals surface area (Å²) in [6.45, 7) is 0. The number of rotatable bonds is 2. The Hall–Kier alpha value is -1.29. The molecule has 0 atom stereocenters. The predicted octanol–water partition coefficient (Wildman–Crippen LogP) is 2.75. The molecule has 1 aromatic rings. The minimum atomic E-state index is -4.84. The Morgan fingerprint density at radius 3 is 2.67 bits per heavy atom. The summed E-state index contributed by atoms with van der Waals surface area (Å²) in [5, 5.41) is 8.99. The van der Waals surface area contributed by atoms with Crippen LogP contribution >= 0.6 is 15.9 Å². The molecule has 15 heavy (non-hydrogen) atoms. The number of ether oxygens (including phenoxy) is 1. The van der Waals surface area contributed by atoms with Crippen molar-refractivity contribution < 1.29 is 17.9 Å². The Labute approximate surface area is 91.6 Å². The topological polar surface area (TPSA) is 45.9 Å². The number of halogens is 4. The summed E-state index contributed by atoms with van der Waals surface area (Å²) < 4.78 is 39.2. The maximum atomic E-state index is 11.9. The van der Waals surface area contributed by atoms with E-state index >= 15 is 0 Å². The zero-order valence-corrected chi connectivity index (χ0v) is 8.76. The third-order valence-electron chi connectivity index (χ3n) is 1.39. The van der Waals surface area contributed by atoms with Gasteiger partial charge in [0.1, 0.15) is 11.6 Å². The standard InChI is InChI=1S/C8H4BrF3N2O/c9-2-5-1-6(3-13)7(14-4-5)15-8(10,11)12/h1,4H,2H2. The second-order valence-corrected chi connectivity index (χ2v) is 3.05. The lowest BCUT2D eigenvalue weighted by molar-refractivity contribution is -0.276. The van der Waals surface area contributed by atoms with Crippen molar-refractivity contribution in [2.45, 2.75) is 11.7 Å². The molecule has 0 aliphatic heterocycles. The minimum Gasteiger partial charge on any atom is -0.386 e. The number of nitriles is 1. The van der Waals surface area contributed by atoms with Gasteiger partial charge in [0.15, 0.2) is 0 Å². The molecule has 0 aliphatic carbocycles. The Bertz CT molecular complexity index is 400. The van der Waals surface area contributed by atoms with Crippen molar-refractivity contribution in [1.29, 1.82) is 5.26 Å². The quantitative estimate of drug-likeness (QED) is 0.783. The normalized spacial score (nSPS) is 10.9. The van der Waals surface area contributed by atoms with Gasteiger partial charge >= 0.3 is 6.36 Å². The minimum absolute atomic E-state index is 0.246. The van der Waals surface area contributed by atoms with Crippen molar-refractivity contribution in [3.05, 3.63) is 23.4 Å². The van der Waals surface area contributed by atoms with Crippen LogP contribution in [-0.4, -0.2) is 11.3 Å². The Kier molecular flexibility index (Phi) is 3.52. The molecule has 0 aromatic carbocycles. The van der Waals surface area contributed by atoms with Crippen LogP contribution in [-0.2, 0) is 5.33 Å². The van der Waals surface area contributed by atoms with Crippen molar-refractivity contribution in [3.63, 3.8) is 0 Å². The molecule has 0 saturated heterocycles. The van der Waals surface area contributed by atoms with Crippen molar-refractivity contribution in [2.75, 3.05) is 0 Å². The third-order valence-corrected chi connectivity index (χ3v) is 2.04. The summed E-state index contributed by atoms with van der Waals surface area (Å²) in [5.41, 5.74) is 0.352. The summed E-state index contributed by atoms with van der Waals surface area (Å²) in [5.74, 6) is -0.727. The van der Waals surface area contributed by atoms with Gasteiger partial charge in [0, 0.05) is 11.5 Å². The van der Waals surface area contributed by atoms with Gasteiger partial charge < -0.3 is 4.74 Å². The predicted molar refractivity (Wildman–Crippen MR) is 48.3 cm³/mol. The molecule has 1 rings (SSSR count). The van der Waals surface area contributed by atoms with Gasteiger partial charge in [-0.1, -0.05) is 15.9 Å². The molecular weight excluding hydrogens is 277 g/mol. The molecule has 0 spiro atoms. The fourth-order valence-corrected chi connectivity index (χ4v) is 1.15. The first kappa shape index (κ1) is 11.8. The summed E-state index contributed by atoms with van der Waals surface area (Å²) in [7, 11) is 0. The van der Waals surface area contributed by atoms with Gasteiger partial charge in [-0.15, -0.1) is 13.2 Å². The van der Waals surface area contributed by atoms with Gasteiger partial charge in [0.25, 0.3) is 0 Å². The third kappa shape index (κ3) is 3.40.